The molecule has 12 heteroatoms. The Bertz CT molecular complexity index is 1380. The first-order valence-corrected chi connectivity index (χ1v) is 12.8. The fraction of sp³-hybridized carbons (Fsp3) is 0.231. The average molecular weight is 552 g/mol. The second kappa shape index (κ2) is 11.6. The van der Waals surface area contributed by atoms with Crippen molar-refractivity contribution >= 4 is 27.5 Å². The second-order valence-electron chi connectivity index (χ2n) is 8.31. The topological polar surface area (TPSA) is 86.8 Å². The van der Waals surface area contributed by atoms with Gasteiger partial charge in [-0.15, -0.1) is 0 Å². The fourth-order valence-corrected chi connectivity index (χ4v) is 5.09. The highest BCUT2D eigenvalue weighted by Gasteiger charge is 2.35. The van der Waals surface area contributed by atoms with Crippen LogP contribution in [-0.2, 0) is 32.3 Å². The van der Waals surface area contributed by atoms with Crippen LogP contribution in [-0.4, -0.2) is 44.8 Å². The number of nitrogens with zero attached hydrogens (tertiary/aromatic N) is 2. The summed E-state index contributed by atoms with van der Waals surface area (Å²) in [4.78, 5) is 26.8. The molecular weight excluding hydrogens is 526 g/mol. The van der Waals surface area contributed by atoms with Crippen LogP contribution in [0.1, 0.15) is 18.1 Å². The SMILES string of the molecule is CNC(=O)C(C)N(Cc1ccc(F)cc1)C(=O)CN(c1cccc(C(F)(F)F)c1)S(=O)(=O)c1ccccc1. The quantitative estimate of drug-likeness (QED) is 0.404. The zero-order valence-corrected chi connectivity index (χ0v) is 21.3. The van der Waals surface area contributed by atoms with Crippen LogP contribution in [0, 0.1) is 5.82 Å². The molecule has 3 aromatic rings. The molecule has 2 amide bonds. The highest BCUT2D eigenvalue weighted by atomic mass is 32.2. The standard InChI is InChI=1S/C26H25F4N3O4S/c1-18(25(35)31-2)32(16-19-11-13-21(27)14-12-19)24(34)17-33(38(36,37)23-9-4-3-5-10-23)22-8-6-7-20(15-22)26(28,29)30/h3-15,18H,16-17H2,1-2H3,(H,31,35). The molecule has 38 heavy (non-hydrogen) atoms. The van der Waals surface area contributed by atoms with Gasteiger partial charge in [0.1, 0.15) is 18.4 Å². The van der Waals surface area contributed by atoms with Crippen LogP contribution < -0.4 is 9.62 Å². The Kier molecular flexibility index (Phi) is 8.77. The van der Waals surface area contributed by atoms with E-state index in [1.165, 1.54) is 50.4 Å². The van der Waals surface area contributed by atoms with Crippen LogP contribution in [0.2, 0.25) is 0 Å². The zero-order valence-electron chi connectivity index (χ0n) is 20.4. The number of sulfonamides is 1. The van der Waals surface area contributed by atoms with Gasteiger partial charge in [-0.05, 0) is 55.0 Å². The molecule has 0 spiro atoms. The lowest BCUT2D eigenvalue weighted by Crippen LogP contribution is -2.50. The van der Waals surface area contributed by atoms with Crippen molar-refractivity contribution in [3.63, 3.8) is 0 Å². The smallest absolute Gasteiger partial charge is 0.357 e. The lowest BCUT2D eigenvalue weighted by Gasteiger charge is -2.32. The molecule has 0 saturated carbocycles. The monoisotopic (exact) mass is 551 g/mol. The van der Waals surface area contributed by atoms with Gasteiger partial charge < -0.3 is 10.2 Å². The van der Waals surface area contributed by atoms with Gasteiger partial charge in [-0.2, -0.15) is 13.2 Å². The van der Waals surface area contributed by atoms with Crippen molar-refractivity contribution < 1.29 is 35.6 Å². The predicted molar refractivity (Wildman–Crippen MR) is 133 cm³/mol. The van der Waals surface area contributed by atoms with Crippen LogP contribution in [0.3, 0.4) is 0 Å². The lowest BCUT2D eigenvalue weighted by atomic mass is 10.1. The number of alkyl halides is 3. The maximum atomic E-state index is 13.6. The third-order valence-corrected chi connectivity index (χ3v) is 7.54. The van der Waals surface area contributed by atoms with E-state index in [0.717, 1.165) is 35.2 Å². The normalized spacial score (nSPS) is 12.5. The number of benzene rings is 3. The van der Waals surface area contributed by atoms with E-state index in [1.54, 1.807) is 6.07 Å². The minimum Gasteiger partial charge on any atom is -0.357 e. The summed E-state index contributed by atoms with van der Waals surface area (Å²) >= 11 is 0. The first kappa shape index (κ1) is 28.6. The van der Waals surface area contributed by atoms with E-state index >= 15 is 0 Å². The Morgan fingerprint density at radius 3 is 2.16 bits per heavy atom. The third kappa shape index (κ3) is 6.68. The molecule has 0 saturated heterocycles. The summed E-state index contributed by atoms with van der Waals surface area (Å²) in [6, 6.07) is 14.6. The summed E-state index contributed by atoms with van der Waals surface area (Å²) in [5, 5.41) is 2.41. The maximum Gasteiger partial charge on any atom is 0.416 e. The number of hydrogen-bond donors (Lipinski definition) is 1. The number of amides is 2. The molecule has 1 atom stereocenters. The van der Waals surface area contributed by atoms with Crippen LogP contribution in [0.4, 0.5) is 23.2 Å². The minimum absolute atomic E-state index is 0.185. The lowest BCUT2D eigenvalue weighted by molar-refractivity contribution is -0.139. The van der Waals surface area contributed by atoms with Gasteiger partial charge in [0.15, 0.2) is 0 Å². The molecule has 0 bridgehead atoms. The van der Waals surface area contributed by atoms with Crippen molar-refractivity contribution in [3.05, 3.63) is 95.8 Å². The first-order chi connectivity index (χ1) is 17.8. The molecule has 0 aromatic heterocycles. The van der Waals surface area contributed by atoms with Crippen molar-refractivity contribution in [2.24, 2.45) is 0 Å². The van der Waals surface area contributed by atoms with Gasteiger partial charge >= 0.3 is 6.18 Å². The molecule has 0 aliphatic carbocycles. The van der Waals surface area contributed by atoms with Gasteiger partial charge in [0.2, 0.25) is 11.8 Å². The number of rotatable bonds is 9. The Morgan fingerprint density at radius 2 is 1.58 bits per heavy atom. The highest BCUT2D eigenvalue weighted by molar-refractivity contribution is 7.92. The number of anilines is 1. The van der Waals surface area contributed by atoms with Gasteiger partial charge in [0, 0.05) is 13.6 Å². The molecule has 0 radical (unpaired) electrons. The Balaban J connectivity index is 2.07. The fourth-order valence-electron chi connectivity index (χ4n) is 3.66. The molecule has 7 nitrogen and oxygen atoms in total. The summed E-state index contributed by atoms with van der Waals surface area (Å²) in [6.45, 7) is 0.331. The summed E-state index contributed by atoms with van der Waals surface area (Å²) in [7, 11) is -3.15. The van der Waals surface area contributed by atoms with Crippen molar-refractivity contribution in [2.75, 3.05) is 17.9 Å². The molecule has 0 aliphatic heterocycles. The molecule has 1 N–H and O–H groups in total. The van der Waals surface area contributed by atoms with Gasteiger partial charge in [-0.1, -0.05) is 36.4 Å². The van der Waals surface area contributed by atoms with Crippen LogP contribution in [0.15, 0.2) is 83.8 Å². The van der Waals surface area contributed by atoms with Gasteiger partial charge in [0.05, 0.1) is 16.1 Å². The van der Waals surface area contributed by atoms with E-state index in [9.17, 15) is 35.6 Å². The van der Waals surface area contributed by atoms with E-state index < -0.39 is 52.0 Å². The number of halogens is 4. The van der Waals surface area contributed by atoms with Crippen LogP contribution >= 0.6 is 0 Å². The van der Waals surface area contributed by atoms with Gasteiger partial charge in [-0.25, -0.2) is 12.8 Å². The van der Waals surface area contributed by atoms with E-state index in [4.69, 9.17) is 0 Å². The largest absolute Gasteiger partial charge is 0.416 e. The van der Waals surface area contributed by atoms with E-state index in [-0.39, 0.29) is 17.1 Å². The van der Waals surface area contributed by atoms with Crippen molar-refractivity contribution in [3.8, 4) is 0 Å². The van der Waals surface area contributed by atoms with Crippen LogP contribution in [0.25, 0.3) is 0 Å². The number of likely N-dealkylation sites (N-methyl/N-ethyl adjacent to an activating group) is 1. The Hall–Kier alpha value is -3.93. The van der Waals surface area contributed by atoms with Crippen LogP contribution in [0.5, 0.6) is 0 Å². The van der Waals surface area contributed by atoms with E-state index in [1.807, 2.05) is 0 Å². The minimum atomic E-state index is -4.76. The maximum absolute atomic E-state index is 13.6. The number of carbonyl (C=O) groups is 2. The molecular formula is C26H25F4N3O4S. The summed E-state index contributed by atoms with van der Waals surface area (Å²) in [5.74, 6) is -1.94. The first-order valence-electron chi connectivity index (χ1n) is 11.3. The number of nitrogens with one attached hydrogen (secondary N) is 1. The molecule has 1 unspecified atom stereocenters. The molecule has 202 valence electrons. The molecule has 0 heterocycles. The molecule has 0 fully saturated rings. The molecule has 3 rings (SSSR count). The van der Waals surface area contributed by atoms with Gasteiger partial charge in [-0.3, -0.25) is 13.9 Å². The highest BCUT2D eigenvalue weighted by Crippen LogP contribution is 2.33. The Morgan fingerprint density at radius 1 is 0.947 bits per heavy atom. The Labute approximate surface area is 217 Å². The average Bonchev–Trinajstić information content (AvgIpc) is 2.90. The number of carbonyl (C=O) groups excluding carboxylic acids is 2. The summed E-state index contributed by atoms with van der Waals surface area (Å²) in [6.07, 6.45) is -4.76. The second-order valence-corrected chi connectivity index (χ2v) is 10.2. The molecule has 0 aliphatic rings. The molecule has 3 aromatic carbocycles. The van der Waals surface area contributed by atoms with E-state index in [2.05, 4.69) is 5.32 Å². The number of hydrogen-bond acceptors (Lipinski definition) is 4. The zero-order chi connectivity index (χ0) is 28.1. The summed E-state index contributed by atoms with van der Waals surface area (Å²) < 4.78 is 81.4. The summed E-state index contributed by atoms with van der Waals surface area (Å²) in [5.41, 5.74) is -1.03. The van der Waals surface area contributed by atoms with Crippen molar-refractivity contribution in [1.82, 2.24) is 10.2 Å². The predicted octanol–water partition coefficient (Wildman–Crippen LogP) is 4.20. The van der Waals surface area contributed by atoms with E-state index in [0.29, 0.717) is 15.9 Å². The van der Waals surface area contributed by atoms with Crippen molar-refractivity contribution in [2.45, 2.75) is 30.6 Å². The van der Waals surface area contributed by atoms with Gasteiger partial charge in [0.25, 0.3) is 10.0 Å². The third-order valence-electron chi connectivity index (χ3n) is 5.75. The van der Waals surface area contributed by atoms with Crippen molar-refractivity contribution in [1.29, 1.82) is 0 Å².